The van der Waals surface area contributed by atoms with E-state index in [0.717, 1.165) is 33.0 Å². The summed E-state index contributed by atoms with van der Waals surface area (Å²) in [5, 5.41) is 2.04. The van der Waals surface area contributed by atoms with E-state index >= 15 is 0 Å². The largest absolute Gasteiger partial charge is 0.488 e. The zero-order chi connectivity index (χ0) is 21.9. The van der Waals surface area contributed by atoms with Gasteiger partial charge in [-0.25, -0.2) is 9.79 Å². The Kier molecular flexibility index (Phi) is 5.26. The van der Waals surface area contributed by atoms with Gasteiger partial charge in [-0.15, -0.1) is 0 Å². The molecule has 32 heavy (non-hydrogen) atoms. The van der Waals surface area contributed by atoms with Gasteiger partial charge in [0.1, 0.15) is 12.4 Å². The van der Waals surface area contributed by atoms with Gasteiger partial charge in [0.15, 0.2) is 5.70 Å². The smallest absolute Gasteiger partial charge is 0.363 e. The summed E-state index contributed by atoms with van der Waals surface area (Å²) >= 11 is 0. The Morgan fingerprint density at radius 3 is 2.44 bits per heavy atom. The first kappa shape index (κ1) is 19.8. The predicted octanol–water partition coefficient (Wildman–Crippen LogP) is 6.07. The van der Waals surface area contributed by atoms with E-state index < -0.39 is 5.97 Å². The fourth-order valence-corrected chi connectivity index (χ4v) is 3.65. The highest BCUT2D eigenvalue weighted by molar-refractivity contribution is 6.13. The van der Waals surface area contributed by atoms with Crippen molar-refractivity contribution in [1.29, 1.82) is 0 Å². The Morgan fingerprint density at radius 2 is 1.62 bits per heavy atom. The van der Waals surface area contributed by atoms with Gasteiger partial charge in [0, 0.05) is 11.1 Å². The molecule has 156 valence electrons. The van der Waals surface area contributed by atoms with Gasteiger partial charge in [-0.1, -0.05) is 78.4 Å². The van der Waals surface area contributed by atoms with Crippen LogP contribution in [0.4, 0.5) is 0 Å². The van der Waals surface area contributed by atoms with Crippen LogP contribution in [0.2, 0.25) is 0 Å². The summed E-state index contributed by atoms with van der Waals surface area (Å²) in [4.78, 5) is 17.1. The number of fused-ring (bicyclic) bond motifs is 1. The average molecular weight is 419 g/mol. The number of carbonyl (C=O) groups excluding carboxylic acids is 1. The number of cyclic esters (lactones) is 1. The summed E-state index contributed by atoms with van der Waals surface area (Å²) in [7, 11) is 0. The summed E-state index contributed by atoms with van der Waals surface area (Å²) < 4.78 is 11.6. The van der Waals surface area contributed by atoms with Crippen LogP contribution in [0, 0.1) is 6.92 Å². The third kappa shape index (κ3) is 4.03. The van der Waals surface area contributed by atoms with E-state index in [2.05, 4.69) is 4.99 Å². The minimum absolute atomic E-state index is 0.251. The Morgan fingerprint density at radius 1 is 0.875 bits per heavy atom. The molecular weight excluding hydrogens is 398 g/mol. The molecule has 0 amide bonds. The second-order valence-electron chi connectivity index (χ2n) is 7.67. The molecule has 1 aliphatic heterocycles. The second-order valence-corrected chi connectivity index (χ2v) is 7.67. The zero-order valence-electron chi connectivity index (χ0n) is 17.6. The summed E-state index contributed by atoms with van der Waals surface area (Å²) in [5.41, 5.74) is 4.02. The Labute approximate surface area is 186 Å². The normalized spacial score (nSPS) is 14.5. The monoisotopic (exact) mass is 419 g/mol. The maximum absolute atomic E-state index is 12.6. The van der Waals surface area contributed by atoms with Gasteiger partial charge in [0.05, 0.1) is 0 Å². The molecule has 0 bridgehead atoms. The first-order valence-corrected chi connectivity index (χ1v) is 10.5. The van der Waals surface area contributed by atoms with Gasteiger partial charge < -0.3 is 9.47 Å². The quantitative estimate of drug-likeness (QED) is 0.291. The molecule has 1 aliphatic rings. The van der Waals surface area contributed by atoms with E-state index in [0.29, 0.717) is 18.3 Å². The minimum Gasteiger partial charge on any atom is -0.488 e. The molecule has 0 N–H and O–H groups in total. The summed E-state index contributed by atoms with van der Waals surface area (Å²) in [6.07, 6.45) is 1.76. The van der Waals surface area contributed by atoms with Gasteiger partial charge in [-0.2, -0.15) is 0 Å². The lowest BCUT2D eigenvalue weighted by molar-refractivity contribution is -0.129. The molecule has 4 heteroatoms. The number of ether oxygens (including phenoxy) is 2. The molecule has 0 spiro atoms. The third-order valence-electron chi connectivity index (χ3n) is 5.37. The Bertz CT molecular complexity index is 1350. The van der Waals surface area contributed by atoms with Crippen LogP contribution in [-0.4, -0.2) is 11.9 Å². The first-order chi connectivity index (χ1) is 15.7. The molecule has 0 atom stereocenters. The van der Waals surface area contributed by atoms with Gasteiger partial charge in [-0.3, -0.25) is 0 Å². The standard InChI is InChI=1S/C28H21NO3/c1-19-11-13-22(14-12-19)27-29-25(28(30)32-27)17-24-23-10-6-5-9-21(23)15-16-26(24)31-18-20-7-3-2-4-8-20/h2-17H,18H2,1H3. The SMILES string of the molecule is Cc1ccc(C2=NC(=Cc3c(OCc4ccccc4)ccc4ccccc34)C(=O)O2)cc1. The molecule has 0 radical (unpaired) electrons. The van der Waals surface area contributed by atoms with Gasteiger partial charge in [0.25, 0.3) is 0 Å². The van der Waals surface area contributed by atoms with Crippen molar-refractivity contribution in [1.82, 2.24) is 0 Å². The van der Waals surface area contributed by atoms with Gasteiger partial charge in [0.2, 0.25) is 5.90 Å². The summed E-state index contributed by atoms with van der Waals surface area (Å²) in [6, 6.07) is 29.7. The van der Waals surface area contributed by atoms with Crippen molar-refractivity contribution in [3.63, 3.8) is 0 Å². The maximum Gasteiger partial charge on any atom is 0.363 e. The number of hydrogen-bond acceptors (Lipinski definition) is 4. The highest BCUT2D eigenvalue weighted by atomic mass is 16.6. The molecule has 4 nitrogen and oxygen atoms in total. The van der Waals surface area contributed by atoms with Gasteiger partial charge in [-0.05, 0) is 47.5 Å². The van der Waals surface area contributed by atoms with Crippen LogP contribution in [0.25, 0.3) is 16.8 Å². The summed E-state index contributed by atoms with van der Waals surface area (Å²) in [5.74, 6) is 0.530. The molecule has 0 saturated heterocycles. The Hall–Kier alpha value is -4.18. The van der Waals surface area contributed by atoms with E-state index in [-0.39, 0.29) is 5.70 Å². The van der Waals surface area contributed by atoms with Crippen LogP contribution in [-0.2, 0) is 16.1 Å². The van der Waals surface area contributed by atoms with Crippen molar-refractivity contribution in [2.75, 3.05) is 0 Å². The molecule has 0 unspecified atom stereocenters. The van der Waals surface area contributed by atoms with Crippen molar-refractivity contribution in [2.24, 2.45) is 4.99 Å². The lowest BCUT2D eigenvalue weighted by Gasteiger charge is -2.12. The molecule has 4 aromatic rings. The van der Waals surface area contributed by atoms with Crippen LogP contribution >= 0.6 is 0 Å². The number of rotatable bonds is 5. The van der Waals surface area contributed by atoms with E-state index in [1.165, 1.54) is 0 Å². The molecule has 1 heterocycles. The van der Waals surface area contributed by atoms with Crippen LogP contribution < -0.4 is 4.74 Å². The van der Waals surface area contributed by atoms with Crippen molar-refractivity contribution in [3.8, 4) is 5.75 Å². The molecule has 5 rings (SSSR count). The molecule has 0 fully saturated rings. The third-order valence-corrected chi connectivity index (χ3v) is 5.37. The van der Waals surface area contributed by atoms with Crippen molar-refractivity contribution < 1.29 is 14.3 Å². The maximum atomic E-state index is 12.6. The number of esters is 1. The minimum atomic E-state index is -0.470. The number of carbonyl (C=O) groups is 1. The predicted molar refractivity (Wildman–Crippen MR) is 127 cm³/mol. The number of nitrogens with zero attached hydrogens (tertiary/aromatic N) is 1. The highest BCUT2D eigenvalue weighted by Crippen LogP contribution is 2.32. The van der Waals surface area contributed by atoms with E-state index in [4.69, 9.17) is 9.47 Å². The number of benzene rings is 4. The molecule has 0 aromatic heterocycles. The topological polar surface area (TPSA) is 47.9 Å². The summed E-state index contributed by atoms with van der Waals surface area (Å²) in [6.45, 7) is 2.44. The molecule has 0 aliphatic carbocycles. The van der Waals surface area contributed by atoms with E-state index in [1.807, 2.05) is 97.9 Å². The second kappa shape index (κ2) is 8.52. The van der Waals surface area contributed by atoms with Crippen molar-refractivity contribution in [3.05, 3.63) is 119 Å². The van der Waals surface area contributed by atoms with Gasteiger partial charge >= 0.3 is 5.97 Å². The fraction of sp³-hybridized carbons (Fsp3) is 0.0714. The average Bonchev–Trinajstić information content (AvgIpc) is 3.19. The van der Waals surface area contributed by atoms with Crippen LogP contribution in [0.5, 0.6) is 5.75 Å². The number of aliphatic imine (C=N–C) groups is 1. The van der Waals surface area contributed by atoms with E-state index in [9.17, 15) is 4.79 Å². The highest BCUT2D eigenvalue weighted by Gasteiger charge is 2.25. The molecule has 0 saturated carbocycles. The fourth-order valence-electron chi connectivity index (χ4n) is 3.65. The molecule has 4 aromatic carbocycles. The first-order valence-electron chi connectivity index (χ1n) is 10.5. The van der Waals surface area contributed by atoms with E-state index in [1.54, 1.807) is 6.08 Å². The van der Waals surface area contributed by atoms with Crippen LogP contribution in [0.1, 0.15) is 22.3 Å². The van der Waals surface area contributed by atoms with Crippen LogP contribution in [0.3, 0.4) is 0 Å². The van der Waals surface area contributed by atoms with Crippen molar-refractivity contribution >= 4 is 28.7 Å². The number of hydrogen-bond donors (Lipinski definition) is 0. The van der Waals surface area contributed by atoms with Crippen LogP contribution in [0.15, 0.2) is 102 Å². The molecular formula is C28H21NO3. The lowest BCUT2D eigenvalue weighted by Crippen LogP contribution is -2.05. The number of aryl methyl sites for hydroxylation is 1. The lowest BCUT2D eigenvalue weighted by atomic mass is 10.0. The Balaban J connectivity index is 1.55. The van der Waals surface area contributed by atoms with Crippen molar-refractivity contribution in [2.45, 2.75) is 13.5 Å². The zero-order valence-corrected chi connectivity index (χ0v) is 17.6.